The Morgan fingerprint density at radius 3 is 2.71 bits per heavy atom. The van der Waals surface area contributed by atoms with E-state index in [1.54, 1.807) is 30.9 Å². The molecular weight excluding hydrogens is 376 g/mol. The van der Waals surface area contributed by atoms with Crippen LogP contribution in [0, 0.1) is 0 Å². The second-order valence-electron chi connectivity index (χ2n) is 6.06. The van der Waals surface area contributed by atoms with Crippen molar-refractivity contribution in [1.29, 1.82) is 0 Å². The van der Waals surface area contributed by atoms with Gasteiger partial charge < -0.3 is 14.8 Å². The molecule has 0 atom stereocenters. The van der Waals surface area contributed by atoms with Crippen LogP contribution in [-0.2, 0) is 18.0 Å². The van der Waals surface area contributed by atoms with Crippen molar-refractivity contribution < 1.29 is 14.3 Å². The van der Waals surface area contributed by atoms with Crippen LogP contribution >= 0.6 is 15.9 Å². The van der Waals surface area contributed by atoms with Crippen LogP contribution < -0.4 is 10.1 Å². The van der Waals surface area contributed by atoms with E-state index >= 15 is 0 Å². The van der Waals surface area contributed by atoms with Crippen molar-refractivity contribution in [2.75, 3.05) is 0 Å². The molecule has 7 nitrogen and oxygen atoms in total. The molecule has 2 aromatic heterocycles. The molecule has 0 fully saturated rings. The van der Waals surface area contributed by atoms with E-state index in [4.69, 9.17) is 9.47 Å². The van der Waals surface area contributed by atoms with Gasteiger partial charge in [0.15, 0.2) is 0 Å². The van der Waals surface area contributed by atoms with Crippen LogP contribution in [-0.4, -0.2) is 26.6 Å². The van der Waals surface area contributed by atoms with Crippen molar-refractivity contribution in [3.05, 3.63) is 46.7 Å². The van der Waals surface area contributed by atoms with Crippen molar-refractivity contribution in [3.8, 4) is 5.75 Å². The summed E-state index contributed by atoms with van der Waals surface area (Å²) >= 11 is 3.26. The third-order valence-corrected chi connectivity index (χ3v) is 3.12. The number of rotatable bonds is 5. The van der Waals surface area contributed by atoms with Gasteiger partial charge in [-0.15, -0.1) is 0 Å². The number of alkyl carbamates (subject to hydrolysis) is 1. The Bertz CT molecular complexity index is 704. The number of halogens is 1. The number of hydrogen-bond acceptors (Lipinski definition) is 6. The van der Waals surface area contributed by atoms with Crippen LogP contribution in [0.3, 0.4) is 0 Å². The zero-order valence-electron chi connectivity index (χ0n) is 13.7. The van der Waals surface area contributed by atoms with Crippen LogP contribution in [0.5, 0.6) is 5.75 Å². The standard InChI is InChI=1S/C16H19BrN4O3/c1-16(2,3)21-15(22)24-9-11-4-5-18-7-13(11)23-10-12-6-19-8-14(17)20-12/h4-8H,9-10H2,1-3H3,(H,21,22). The maximum Gasteiger partial charge on any atom is 0.407 e. The number of aromatic nitrogens is 3. The molecule has 0 saturated carbocycles. The molecule has 0 aliphatic rings. The van der Waals surface area contributed by atoms with Gasteiger partial charge in [0.05, 0.1) is 24.3 Å². The molecule has 0 radical (unpaired) electrons. The highest BCUT2D eigenvalue weighted by molar-refractivity contribution is 9.10. The molecule has 1 N–H and O–H groups in total. The van der Waals surface area contributed by atoms with Gasteiger partial charge in [-0.2, -0.15) is 0 Å². The minimum atomic E-state index is -0.483. The number of carbonyl (C=O) groups excluding carboxylic acids is 1. The fourth-order valence-electron chi connectivity index (χ4n) is 1.74. The first-order valence-corrected chi connectivity index (χ1v) is 8.10. The SMILES string of the molecule is CC(C)(C)NC(=O)OCc1ccncc1OCc1cncc(Br)n1. The molecule has 128 valence electrons. The number of nitrogens with one attached hydrogen (secondary N) is 1. The van der Waals surface area contributed by atoms with Gasteiger partial charge in [0.1, 0.15) is 23.6 Å². The van der Waals surface area contributed by atoms with Crippen LogP contribution in [0.15, 0.2) is 35.5 Å². The molecule has 0 aliphatic carbocycles. The van der Waals surface area contributed by atoms with E-state index < -0.39 is 6.09 Å². The van der Waals surface area contributed by atoms with Gasteiger partial charge in [0.25, 0.3) is 0 Å². The van der Waals surface area contributed by atoms with E-state index in [0.29, 0.717) is 16.0 Å². The zero-order chi connectivity index (χ0) is 17.6. The third kappa shape index (κ3) is 6.11. The molecule has 0 saturated heterocycles. The minimum absolute atomic E-state index is 0.0872. The van der Waals surface area contributed by atoms with Crippen LogP contribution in [0.2, 0.25) is 0 Å². The van der Waals surface area contributed by atoms with Gasteiger partial charge in [0, 0.05) is 17.3 Å². The predicted octanol–water partition coefficient (Wildman–Crippen LogP) is 3.24. The van der Waals surface area contributed by atoms with Gasteiger partial charge in [0.2, 0.25) is 0 Å². The molecule has 8 heteroatoms. The summed E-state index contributed by atoms with van der Waals surface area (Å²) in [6.07, 6.45) is 5.93. The predicted molar refractivity (Wildman–Crippen MR) is 91.4 cm³/mol. The summed E-state index contributed by atoms with van der Waals surface area (Å²) in [5.41, 5.74) is 1.04. The zero-order valence-corrected chi connectivity index (χ0v) is 15.3. The monoisotopic (exact) mass is 394 g/mol. The first-order valence-electron chi connectivity index (χ1n) is 7.30. The van der Waals surface area contributed by atoms with Gasteiger partial charge in [-0.05, 0) is 42.8 Å². The fraction of sp³-hybridized carbons (Fsp3) is 0.375. The Kier molecular flexibility index (Phi) is 6.08. The number of amides is 1. The molecular formula is C16H19BrN4O3. The summed E-state index contributed by atoms with van der Waals surface area (Å²) in [6.45, 7) is 5.97. The summed E-state index contributed by atoms with van der Waals surface area (Å²) < 4.78 is 11.6. The van der Waals surface area contributed by atoms with Crippen LogP contribution in [0.25, 0.3) is 0 Å². The quantitative estimate of drug-likeness (QED) is 0.837. The average molecular weight is 395 g/mol. The van der Waals surface area contributed by atoms with Crippen molar-refractivity contribution in [2.45, 2.75) is 39.5 Å². The van der Waals surface area contributed by atoms with Gasteiger partial charge in [-0.25, -0.2) is 9.78 Å². The third-order valence-electron chi connectivity index (χ3n) is 2.74. The summed E-state index contributed by atoms with van der Waals surface area (Å²) in [6, 6.07) is 1.74. The highest BCUT2D eigenvalue weighted by Crippen LogP contribution is 2.19. The summed E-state index contributed by atoms with van der Waals surface area (Å²) in [7, 11) is 0. The van der Waals surface area contributed by atoms with Gasteiger partial charge in [-0.1, -0.05) is 0 Å². The lowest BCUT2D eigenvalue weighted by Crippen LogP contribution is -2.40. The highest BCUT2D eigenvalue weighted by atomic mass is 79.9. The van der Waals surface area contributed by atoms with E-state index in [9.17, 15) is 4.79 Å². The van der Waals surface area contributed by atoms with Crippen LogP contribution in [0.4, 0.5) is 4.79 Å². The Morgan fingerprint density at radius 1 is 1.21 bits per heavy atom. The normalized spacial score (nSPS) is 11.0. The van der Waals surface area contributed by atoms with Gasteiger partial charge >= 0.3 is 6.09 Å². The molecule has 0 bridgehead atoms. The summed E-state index contributed by atoms with van der Waals surface area (Å²) in [5.74, 6) is 0.530. The molecule has 2 rings (SSSR count). The van der Waals surface area contributed by atoms with E-state index in [2.05, 4.69) is 36.2 Å². The van der Waals surface area contributed by atoms with E-state index in [-0.39, 0.29) is 18.8 Å². The van der Waals surface area contributed by atoms with Crippen molar-refractivity contribution in [3.63, 3.8) is 0 Å². The summed E-state index contributed by atoms with van der Waals surface area (Å²) in [5, 5.41) is 2.73. The van der Waals surface area contributed by atoms with E-state index in [1.165, 1.54) is 0 Å². The average Bonchev–Trinajstić information content (AvgIpc) is 2.50. The Labute approximate surface area is 149 Å². The van der Waals surface area contributed by atoms with Gasteiger partial charge in [-0.3, -0.25) is 9.97 Å². The number of pyridine rings is 1. The highest BCUT2D eigenvalue weighted by Gasteiger charge is 2.15. The first kappa shape index (κ1) is 18.1. The lowest BCUT2D eigenvalue weighted by atomic mass is 10.1. The lowest BCUT2D eigenvalue weighted by molar-refractivity contribution is 0.129. The van der Waals surface area contributed by atoms with Crippen LogP contribution in [0.1, 0.15) is 32.0 Å². The molecule has 0 aromatic carbocycles. The van der Waals surface area contributed by atoms with E-state index in [0.717, 1.165) is 5.56 Å². The Balaban J connectivity index is 1.96. The molecule has 1 amide bonds. The number of hydrogen-bond donors (Lipinski definition) is 1. The topological polar surface area (TPSA) is 86.2 Å². The number of nitrogens with zero attached hydrogens (tertiary/aromatic N) is 3. The molecule has 24 heavy (non-hydrogen) atoms. The molecule has 0 unspecified atom stereocenters. The summed E-state index contributed by atoms with van der Waals surface area (Å²) in [4.78, 5) is 24.1. The van der Waals surface area contributed by atoms with Crippen molar-refractivity contribution in [1.82, 2.24) is 20.3 Å². The Morgan fingerprint density at radius 2 is 2.00 bits per heavy atom. The number of carbonyl (C=O) groups is 1. The second kappa shape index (κ2) is 8.05. The molecule has 2 heterocycles. The smallest absolute Gasteiger partial charge is 0.407 e. The number of ether oxygens (including phenoxy) is 2. The Hall–Kier alpha value is -2.22. The van der Waals surface area contributed by atoms with E-state index in [1.807, 2.05) is 20.8 Å². The lowest BCUT2D eigenvalue weighted by Gasteiger charge is -2.20. The fourth-order valence-corrected chi connectivity index (χ4v) is 2.09. The largest absolute Gasteiger partial charge is 0.485 e. The first-order chi connectivity index (χ1) is 11.3. The van der Waals surface area contributed by atoms with Crippen molar-refractivity contribution in [2.24, 2.45) is 0 Å². The second-order valence-corrected chi connectivity index (χ2v) is 6.87. The molecule has 0 aliphatic heterocycles. The maximum atomic E-state index is 11.7. The van der Waals surface area contributed by atoms with Crippen molar-refractivity contribution >= 4 is 22.0 Å². The molecule has 2 aromatic rings. The minimum Gasteiger partial charge on any atom is -0.485 e. The molecule has 0 spiro atoms. The maximum absolute atomic E-state index is 11.7.